The third kappa shape index (κ3) is 7.38. The number of nitrogens with one attached hydrogen (secondary N) is 3. The average molecular weight is 484 g/mol. The van der Waals surface area contributed by atoms with E-state index < -0.39 is 10.0 Å². The SMILES string of the molecule is CC(C)Oc1cccc(C(=O)NC(=S)Nc2ccc(S(=O)(=O)NCc3ccccc3)cc2)c1. The normalized spacial score (nSPS) is 11.1. The van der Waals surface area contributed by atoms with Crippen molar-refractivity contribution in [3.8, 4) is 5.75 Å². The number of sulfonamides is 1. The lowest BCUT2D eigenvalue weighted by molar-refractivity contribution is 0.0977. The number of anilines is 1. The molecule has 3 aromatic rings. The van der Waals surface area contributed by atoms with Gasteiger partial charge in [0.15, 0.2) is 5.11 Å². The molecule has 0 unspecified atom stereocenters. The standard InChI is InChI=1S/C24H25N3O4S2/c1-17(2)31-21-10-6-9-19(15-21)23(28)27-24(32)26-20-11-13-22(14-12-20)33(29,30)25-16-18-7-4-3-5-8-18/h3-15,17,25H,16H2,1-2H3,(H2,26,27,28,32). The molecule has 0 aromatic heterocycles. The molecule has 0 radical (unpaired) electrons. The van der Waals surface area contributed by atoms with E-state index in [2.05, 4.69) is 15.4 Å². The topological polar surface area (TPSA) is 96.5 Å². The second-order valence-corrected chi connectivity index (χ2v) is 9.61. The number of amides is 1. The third-order valence-electron chi connectivity index (χ3n) is 4.43. The summed E-state index contributed by atoms with van der Waals surface area (Å²) in [5, 5.41) is 5.57. The number of hydrogen-bond donors (Lipinski definition) is 3. The zero-order valence-electron chi connectivity index (χ0n) is 18.2. The van der Waals surface area contributed by atoms with E-state index in [1.807, 2.05) is 44.2 Å². The Morgan fingerprint density at radius 3 is 2.33 bits per heavy atom. The van der Waals surface area contributed by atoms with Crippen molar-refractivity contribution in [2.24, 2.45) is 0 Å². The van der Waals surface area contributed by atoms with E-state index >= 15 is 0 Å². The molecule has 33 heavy (non-hydrogen) atoms. The first kappa shape index (κ1) is 24.4. The number of benzene rings is 3. The Morgan fingerprint density at radius 1 is 0.970 bits per heavy atom. The number of ether oxygens (including phenoxy) is 1. The van der Waals surface area contributed by atoms with E-state index in [4.69, 9.17) is 17.0 Å². The Balaban J connectivity index is 1.57. The molecule has 1 amide bonds. The molecule has 0 spiro atoms. The molecule has 7 nitrogen and oxygen atoms in total. The fourth-order valence-electron chi connectivity index (χ4n) is 2.90. The largest absolute Gasteiger partial charge is 0.491 e. The smallest absolute Gasteiger partial charge is 0.257 e. The summed E-state index contributed by atoms with van der Waals surface area (Å²) in [4.78, 5) is 12.6. The van der Waals surface area contributed by atoms with Crippen molar-refractivity contribution in [3.05, 3.63) is 90.0 Å². The van der Waals surface area contributed by atoms with Gasteiger partial charge in [0.2, 0.25) is 10.0 Å². The second kappa shape index (κ2) is 11.0. The van der Waals surface area contributed by atoms with Crippen molar-refractivity contribution >= 4 is 38.9 Å². The molecule has 0 aliphatic carbocycles. The Morgan fingerprint density at radius 2 is 1.67 bits per heavy atom. The van der Waals surface area contributed by atoms with Gasteiger partial charge in [0, 0.05) is 17.8 Å². The van der Waals surface area contributed by atoms with Crippen LogP contribution in [0.2, 0.25) is 0 Å². The van der Waals surface area contributed by atoms with Crippen LogP contribution in [-0.4, -0.2) is 25.5 Å². The van der Waals surface area contributed by atoms with E-state index in [0.717, 1.165) is 5.56 Å². The van der Waals surface area contributed by atoms with Gasteiger partial charge in [-0.25, -0.2) is 13.1 Å². The number of carbonyl (C=O) groups is 1. The molecule has 172 valence electrons. The molecule has 3 N–H and O–H groups in total. The van der Waals surface area contributed by atoms with Crippen LogP contribution < -0.4 is 20.1 Å². The number of carbonyl (C=O) groups excluding carboxylic acids is 1. The molecule has 0 atom stereocenters. The van der Waals surface area contributed by atoms with Gasteiger partial charge in [0.25, 0.3) is 5.91 Å². The summed E-state index contributed by atoms with van der Waals surface area (Å²) in [7, 11) is -3.66. The fourth-order valence-corrected chi connectivity index (χ4v) is 4.12. The van der Waals surface area contributed by atoms with Gasteiger partial charge < -0.3 is 10.1 Å². The lowest BCUT2D eigenvalue weighted by Crippen LogP contribution is -2.34. The third-order valence-corrected chi connectivity index (χ3v) is 6.05. The Bertz CT molecular complexity index is 1210. The monoisotopic (exact) mass is 483 g/mol. The summed E-state index contributed by atoms with van der Waals surface area (Å²) in [6, 6.07) is 22.1. The lowest BCUT2D eigenvalue weighted by atomic mass is 10.2. The quantitative estimate of drug-likeness (QED) is 0.418. The molecule has 0 bridgehead atoms. The highest BCUT2D eigenvalue weighted by Crippen LogP contribution is 2.16. The first-order valence-corrected chi connectivity index (χ1v) is 12.1. The van der Waals surface area contributed by atoms with Gasteiger partial charge in [-0.2, -0.15) is 0 Å². The summed E-state index contributed by atoms with van der Waals surface area (Å²) in [6.07, 6.45) is -0.00798. The molecular weight excluding hydrogens is 458 g/mol. The van der Waals surface area contributed by atoms with Gasteiger partial charge in [-0.05, 0) is 74.1 Å². The Hall–Kier alpha value is -3.27. The molecular formula is C24H25N3O4S2. The molecule has 0 aliphatic heterocycles. The van der Waals surface area contributed by atoms with Crippen LogP contribution in [0.4, 0.5) is 5.69 Å². The molecule has 3 aromatic carbocycles. The summed E-state index contributed by atoms with van der Waals surface area (Å²) < 4.78 is 33.2. The van der Waals surface area contributed by atoms with Crippen LogP contribution in [0, 0.1) is 0 Å². The first-order chi connectivity index (χ1) is 15.7. The van der Waals surface area contributed by atoms with Crippen molar-refractivity contribution < 1.29 is 17.9 Å². The van der Waals surface area contributed by atoms with Crippen LogP contribution in [0.25, 0.3) is 0 Å². The van der Waals surface area contributed by atoms with Gasteiger partial charge in [0.05, 0.1) is 11.0 Å². The van der Waals surface area contributed by atoms with Crippen molar-refractivity contribution in [2.75, 3.05) is 5.32 Å². The maximum absolute atomic E-state index is 12.5. The summed E-state index contributed by atoms with van der Waals surface area (Å²) in [5.41, 5.74) is 1.81. The summed E-state index contributed by atoms with van der Waals surface area (Å²) in [6.45, 7) is 4.01. The van der Waals surface area contributed by atoms with Gasteiger partial charge in [-0.15, -0.1) is 0 Å². The Kier molecular flexibility index (Phi) is 8.16. The van der Waals surface area contributed by atoms with Gasteiger partial charge >= 0.3 is 0 Å². The van der Waals surface area contributed by atoms with E-state index in [-0.39, 0.29) is 28.6 Å². The van der Waals surface area contributed by atoms with Crippen molar-refractivity contribution in [3.63, 3.8) is 0 Å². The number of hydrogen-bond acceptors (Lipinski definition) is 5. The molecule has 3 rings (SSSR count). The van der Waals surface area contributed by atoms with Crippen molar-refractivity contribution in [1.29, 1.82) is 0 Å². The highest BCUT2D eigenvalue weighted by molar-refractivity contribution is 7.89. The van der Waals surface area contributed by atoms with E-state index in [1.165, 1.54) is 12.1 Å². The predicted octanol–water partition coefficient (Wildman–Crippen LogP) is 4.08. The molecule has 0 fully saturated rings. The highest BCUT2D eigenvalue weighted by atomic mass is 32.2. The Labute approximate surface area is 199 Å². The summed E-state index contributed by atoms with van der Waals surface area (Å²) >= 11 is 5.21. The van der Waals surface area contributed by atoms with Gasteiger partial charge in [-0.3, -0.25) is 10.1 Å². The van der Waals surface area contributed by atoms with Crippen molar-refractivity contribution in [2.45, 2.75) is 31.4 Å². The van der Waals surface area contributed by atoms with Gasteiger partial charge in [0.1, 0.15) is 5.75 Å². The highest BCUT2D eigenvalue weighted by Gasteiger charge is 2.14. The molecule has 0 saturated heterocycles. The number of thiocarbonyl (C=S) groups is 1. The van der Waals surface area contributed by atoms with Crippen LogP contribution >= 0.6 is 12.2 Å². The molecule has 0 heterocycles. The minimum Gasteiger partial charge on any atom is -0.491 e. The maximum atomic E-state index is 12.5. The van der Waals surface area contributed by atoms with Crippen LogP contribution in [0.5, 0.6) is 5.75 Å². The van der Waals surface area contributed by atoms with E-state index in [0.29, 0.717) is 17.0 Å². The zero-order chi connectivity index (χ0) is 23.8. The van der Waals surface area contributed by atoms with E-state index in [9.17, 15) is 13.2 Å². The molecule has 0 aliphatic rings. The van der Waals surface area contributed by atoms with Crippen LogP contribution in [0.1, 0.15) is 29.8 Å². The van der Waals surface area contributed by atoms with E-state index in [1.54, 1.807) is 36.4 Å². The number of rotatable bonds is 8. The average Bonchev–Trinajstić information content (AvgIpc) is 2.78. The lowest BCUT2D eigenvalue weighted by Gasteiger charge is -2.12. The minimum atomic E-state index is -3.66. The zero-order valence-corrected chi connectivity index (χ0v) is 19.9. The van der Waals surface area contributed by atoms with Crippen LogP contribution in [0.3, 0.4) is 0 Å². The maximum Gasteiger partial charge on any atom is 0.257 e. The van der Waals surface area contributed by atoms with Crippen LogP contribution in [-0.2, 0) is 16.6 Å². The minimum absolute atomic E-state index is 0.00798. The second-order valence-electron chi connectivity index (χ2n) is 7.44. The molecule has 9 heteroatoms. The fraction of sp³-hybridized carbons (Fsp3) is 0.167. The van der Waals surface area contributed by atoms with Crippen molar-refractivity contribution in [1.82, 2.24) is 10.0 Å². The predicted molar refractivity (Wildman–Crippen MR) is 133 cm³/mol. The summed E-state index contributed by atoms with van der Waals surface area (Å²) in [5.74, 6) is 0.209. The first-order valence-electron chi connectivity index (χ1n) is 10.3. The van der Waals surface area contributed by atoms with Crippen LogP contribution in [0.15, 0.2) is 83.8 Å². The molecule has 0 saturated carbocycles. The van der Waals surface area contributed by atoms with Gasteiger partial charge in [-0.1, -0.05) is 36.4 Å².